The number of fused-ring (bicyclic) bond motifs is 1. The van der Waals surface area contributed by atoms with Crippen LogP contribution in [-0.2, 0) is 5.41 Å². The lowest BCUT2D eigenvalue weighted by Crippen LogP contribution is -2.48. The van der Waals surface area contributed by atoms with Gasteiger partial charge in [-0.15, -0.1) is 0 Å². The Hall–Kier alpha value is -3.17. The summed E-state index contributed by atoms with van der Waals surface area (Å²) in [6.07, 6.45) is 2.80. The van der Waals surface area contributed by atoms with Crippen LogP contribution in [0.5, 0.6) is 0 Å². The van der Waals surface area contributed by atoms with Crippen LogP contribution < -0.4 is 27.4 Å². The standard InChI is InChI=1S/C25H36N8O/c1-16(28-10-5-11-29-23(26)30-19-13-27-14-19)17-6-8-20(9-7-17)33-15-18-12-21(25(2,3)4)31-22(18)32-24(33)34/h6-9,12,15-16,19,27-28H,5,10-11,13-14H2,1-4H3,(H3,26,29,30)(H,31,32,34)/t16-/m0/s1. The van der Waals surface area contributed by atoms with E-state index >= 15 is 0 Å². The molecule has 1 saturated heterocycles. The number of aliphatic imine (C=N–C) groups is 1. The lowest BCUT2D eigenvalue weighted by atomic mass is 9.92. The minimum Gasteiger partial charge on any atom is -0.370 e. The number of H-pyrrole nitrogens is 1. The zero-order valence-electron chi connectivity index (χ0n) is 20.5. The van der Waals surface area contributed by atoms with Gasteiger partial charge >= 0.3 is 5.69 Å². The first-order valence-electron chi connectivity index (χ1n) is 12.0. The second-order valence-electron chi connectivity index (χ2n) is 10.0. The van der Waals surface area contributed by atoms with E-state index in [9.17, 15) is 4.79 Å². The summed E-state index contributed by atoms with van der Waals surface area (Å²) in [5.74, 6) is 0.521. The highest BCUT2D eigenvalue weighted by Crippen LogP contribution is 2.24. The van der Waals surface area contributed by atoms with Crippen molar-refractivity contribution in [2.75, 3.05) is 26.2 Å². The van der Waals surface area contributed by atoms with Gasteiger partial charge in [-0.05, 0) is 43.7 Å². The SMILES string of the molecule is C[C@H](NCCCN/C(N)=N\C1CNC1)c1ccc(-n2cc3cc(C(C)(C)C)[nH]c3nc2=O)cc1. The largest absolute Gasteiger partial charge is 0.370 e. The summed E-state index contributed by atoms with van der Waals surface area (Å²) < 4.78 is 1.60. The summed E-state index contributed by atoms with van der Waals surface area (Å²) in [6.45, 7) is 12.0. The van der Waals surface area contributed by atoms with Gasteiger partial charge in [0.1, 0.15) is 5.65 Å². The summed E-state index contributed by atoms with van der Waals surface area (Å²) >= 11 is 0. The molecule has 0 aliphatic carbocycles. The van der Waals surface area contributed by atoms with Gasteiger partial charge in [0.15, 0.2) is 5.96 Å². The van der Waals surface area contributed by atoms with Crippen molar-refractivity contribution in [1.82, 2.24) is 30.5 Å². The van der Waals surface area contributed by atoms with E-state index in [0.717, 1.165) is 54.9 Å². The summed E-state index contributed by atoms with van der Waals surface area (Å²) in [7, 11) is 0. The average molecular weight is 465 g/mol. The van der Waals surface area contributed by atoms with Crippen LogP contribution in [-0.4, -0.2) is 52.7 Å². The first-order valence-corrected chi connectivity index (χ1v) is 12.0. The van der Waals surface area contributed by atoms with Crippen molar-refractivity contribution < 1.29 is 0 Å². The van der Waals surface area contributed by atoms with Crippen LogP contribution in [0, 0.1) is 0 Å². The van der Waals surface area contributed by atoms with E-state index in [2.05, 4.69) is 76.8 Å². The Morgan fingerprint density at radius 2 is 2.00 bits per heavy atom. The monoisotopic (exact) mass is 464 g/mol. The number of benzene rings is 1. The fraction of sp³-hybridized carbons (Fsp3) is 0.480. The van der Waals surface area contributed by atoms with Crippen LogP contribution in [0.2, 0.25) is 0 Å². The van der Waals surface area contributed by atoms with Crippen LogP contribution in [0.4, 0.5) is 0 Å². The molecule has 1 fully saturated rings. The second-order valence-corrected chi connectivity index (χ2v) is 10.0. The molecule has 6 N–H and O–H groups in total. The summed E-state index contributed by atoms with van der Waals surface area (Å²) in [4.78, 5) is 24.6. The maximum Gasteiger partial charge on any atom is 0.354 e. The van der Waals surface area contributed by atoms with E-state index in [1.165, 1.54) is 0 Å². The van der Waals surface area contributed by atoms with Crippen LogP contribution in [0.1, 0.15) is 51.4 Å². The van der Waals surface area contributed by atoms with Gasteiger partial charge in [-0.1, -0.05) is 32.9 Å². The van der Waals surface area contributed by atoms with E-state index in [-0.39, 0.29) is 17.1 Å². The molecular weight excluding hydrogens is 428 g/mol. The van der Waals surface area contributed by atoms with E-state index in [0.29, 0.717) is 17.6 Å². The molecule has 4 rings (SSSR count). The molecule has 2 aromatic heterocycles. The molecule has 9 heteroatoms. The fourth-order valence-corrected chi connectivity index (χ4v) is 3.86. The molecule has 3 aromatic rings. The van der Waals surface area contributed by atoms with Crippen molar-refractivity contribution in [3.05, 3.63) is 58.3 Å². The van der Waals surface area contributed by atoms with Crippen LogP contribution >= 0.6 is 0 Å². The molecule has 0 unspecified atom stereocenters. The van der Waals surface area contributed by atoms with Crippen LogP contribution in [0.3, 0.4) is 0 Å². The van der Waals surface area contributed by atoms with Gasteiger partial charge in [0, 0.05) is 48.4 Å². The highest BCUT2D eigenvalue weighted by Gasteiger charge is 2.18. The molecule has 1 aliphatic heterocycles. The molecule has 1 atom stereocenters. The third-order valence-electron chi connectivity index (χ3n) is 6.18. The van der Waals surface area contributed by atoms with Gasteiger partial charge in [0.05, 0.1) is 11.7 Å². The number of aromatic nitrogens is 3. The Bertz CT molecular complexity index is 1200. The number of nitrogens with zero attached hydrogens (tertiary/aromatic N) is 3. The molecule has 182 valence electrons. The predicted octanol–water partition coefficient (Wildman–Crippen LogP) is 1.93. The van der Waals surface area contributed by atoms with Gasteiger partial charge < -0.3 is 26.7 Å². The van der Waals surface area contributed by atoms with E-state index in [1.54, 1.807) is 4.57 Å². The molecule has 3 heterocycles. The number of hydrogen-bond acceptors (Lipinski definition) is 5. The highest BCUT2D eigenvalue weighted by molar-refractivity contribution is 5.78. The van der Waals surface area contributed by atoms with Crippen molar-refractivity contribution in [1.29, 1.82) is 0 Å². The van der Waals surface area contributed by atoms with Crippen molar-refractivity contribution in [3.8, 4) is 5.69 Å². The molecule has 9 nitrogen and oxygen atoms in total. The number of nitrogens with two attached hydrogens (primary N) is 1. The maximum absolute atomic E-state index is 12.6. The molecule has 0 spiro atoms. The number of guanidine groups is 1. The van der Waals surface area contributed by atoms with Gasteiger partial charge in [-0.3, -0.25) is 4.57 Å². The van der Waals surface area contributed by atoms with Crippen molar-refractivity contribution >= 4 is 17.0 Å². The number of hydrogen-bond donors (Lipinski definition) is 5. The Balaban J connectivity index is 1.33. The first-order chi connectivity index (χ1) is 16.2. The average Bonchev–Trinajstić information content (AvgIpc) is 3.19. The van der Waals surface area contributed by atoms with Crippen LogP contribution in [0.15, 0.2) is 46.3 Å². The third-order valence-corrected chi connectivity index (χ3v) is 6.18. The van der Waals surface area contributed by atoms with E-state index in [1.807, 2.05) is 18.3 Å². The summed E-state index contributed by atoms with van der Waals surface area (Å²) in [5.41, 5.74) is 9.22. The van der Waals surface area contributed by atoms with E-state index < -0.39 is 0 Å². The third kappa shape index (κ3) is 5.66. The zero-order chi connectivity index (χ0) is 24.3. The minimum absolute atomic E-state index is 0.0383. The molecule has 0 radical (unpaired) electrons. The lowest BCUT2D eigenvalue weighted by molar-refractivity contribution is 0.446. The fourth-order valence-electron chi connectivity index (χ4n) is 3.86. The molecule has 1 aromatic carbocycles. The van der Waals surface area contributed by atoms with Gasteiger partial charge in [-0.25, -0.2) is 9.79 Å². The number of nitrogens with one attached hydrogen (secondary N) is 4. The predicted molar refractivity (Wildman–Crippen MR) is 138 cm³/mol. The highest BCUT2D eigenvalue weighted by atomic mass is 16.1. The van der Waals surface area contributed by atoms with Crippen molar-refractivity contribution in [3.63, 3.8) is 0 Å². The number of aromatic amines is 1. The summed E-state index contributed by atoms with van der Waals surface area (Å²) in [6, 6.07) is 10.6. The Morgan fingerprint density at radius 1 is 1.26 bits per heavy atom. The first kappa shape index (κ1) is 24.0. The normalized spacial score (nSPS) is 15.9. The van der Waals surface area contributed by atoms with Gasteiger partial charge in [0.25, 0.3) is 0 Å². The van der Waals surface area contributed by atoms with Gasteiger partial charge in [-0.2, -0.15) is 4.98 Å². The van der Waals surface area contributed by atoms with Gasteiger partial charge in [0.2, 0.25) is 0 Å². The molecule has 0 saturated carbocycles. The smallest absolute Gasteiger partial charge is 0.354 e. The van der Waals surface area contributed by atoms with Crippen molar-refractivity contribution in [2.45, 2.75) is 51.6 Å². The molecule has 0 bridgehead atoms. The Morgan fingerprint density at radius 3 is 2.65 bits per heavy atom. The maximum atomic E-state index is 12.6. The Kier molecular flexibility index (Phi) is 7.04. The summed E-state index contributed by atoms with van der Waals surface area (Å²) in [5, 5.41) is 10.8. The quantitative estimate of drug-likeness (QED) is 0.197. The molecule has 34 heavy (non-hydrogen) atoms. The lowest BCUT2D eigenvalue weighted by Gasteiger charge is -2.23. The second kappa shape index (κ2) is 9.99. The topological polar surface area (TPSA) is 125 Å². The van der Waals surface area contributed by atoms with E-state index in [4.69, 9.17) is 5.73 Å². The molecule has 1 aliphatic rings. The van der Waals surface area contributed by atoms with Crippen LogP contribution in [0.25, 0.3) is 16.7 Å². The molecular formula is C25H36N8O. The molecule has 0 amide bonds. The Labute approximate surface area is 200 Å². The zero-order valence-corrected chi connectivity index (χ0v) is 20.5. The number of rotatable bonds is 8. The minimum atomic E-state index is -0.294. The van der Waals surface area contributed by atoms with Crippen molar-refractivity contribution in [2.24, 2.45) is 10.7 Å².